The molecule has 4 fully saturated rings. The highest BCUT2D eigenvalue weighted by molar-refractivity contribution is 7.13. The first-order valence-electron chi connectivity index (χ1n) is 43.8. The van der Waals surface area contributed by atoms with Crippen molar-refractivity contribution in [3.8, 4) is 0 Å². The second kappa shape index (κ2) is 48.5. The monoisotopic (exact) mass is 1760 g/mol. The number of aliphatic hydroxyl groups excluding tert-OH is 3. The normalized spacial score (nSPS) is 19.4. The number of nitrogens with zero attached hydrogens (tertiary/aromatic N) is 4. The first-order chi connectivity index (χ1) is 58.8. The Kier molecular flexibility index (Phi) is 38.0. The highest BCUT2D eigenvalue weighted by Gasteiger charge is 2.37. The Balaban J connectivity index is 0.000000171. The van der Waals surface area contributed by atoms with Crippen molar-refractivity contribution in [2.24, 2.45) is 5.92 Å². The van der Waals surface area contributed by atoms with E-state index in [1.54, 1.807) is 30.3 Å². The minimum Gasteiger partial charge on any atom is -0.481 e. The molecule has 22 heteroatoms. The van der Waals surface area contributed by atoms with E-state index in [0.29, 0.717) is 41.4 Å². The summed E-state index contributed by atoms with van der Waals surface area (Å²) in [6.45, 7) is 12.2. The number of unbranched alkanes of at least 4 members (excludes halogenated alkanes) is 4. The fourth-order valence-corrected chi connectivity index (χ4v) is 19.4. The number of aryl methyl sites for hydroxylation is 4. The SMILES string of the molecule is CC(C)CC(O)c1ccc(N2CCC(Cl)C2CCCc2ccc(C(=O)O)o2)cc1.CCCCCC(O)c1ccc(N2CCC(Cl)C2CCCc2ccc(C(=O)O)s2)cc1.CCCCCC(O)c1ccc(N2CCC(Cl)C2c2ccc(CCC(=O)O)cc2)cc1.O=C(O)c1cccc(CCCC2C(Cl)CCN2c2ccc(C(=O)Cc3ccccc3)cc2)c1. The Labute approximate surface area is 744 Å². The van der Waals surface area contributed by atoms with E-state index in [0.717, 1.165) is 233 Å². The number of hydrogen-bond donors (Lipinski definition) is 7. The number of ketones is 1. The molecule has 4 aliphatic rings. The van der Waals surface area contributed by atoms with Crippen molar-refractivity contribution in [1.82, 2.24) is 0 Å². The van der Waals surface area contributed by atoms with Gasteiger partial charge in [-0.1, -0.05) is 169 Å². The van der Waals surface area contributed by atoms with E-state index in [2.05, 4.69) is 95.8 Å². The number of hydrogen-bond acceptors (Lipinski definition) is 14. The molecule has 13 rings (SSSR count). The summed E-state index contributed by atoms with van der Waals surface area (Å²) in [6, 6.07) is 65.3. The maximum absolute atomic E-state index is 12.6. The number of halogens is 4. The lowest BCUT2D eigenvalue weighted by Crippen LogP contribution is -2.33. The summed E-state index contributed by atoms with van der Waals surface area (Å²) in [5.41, 5.74) is 12.7. The predicted octanol–water partition coefficient (Wildman–Crippen LogP) is 23.4. The van der Waals surface area contributed by atoms with Crippen LogP contribution < -0.4 is 19.6 Å². The van der Waals surface area contributed by atoms with Gasteiger partial charge in [0.2, 0.25) is 5.76 Å². The van der Waals surface area contributed by atoms with Crippen LogP contribution >= 0.6 is 57.7 Å². The molecule has 0 saturated carbocycles. The molecule has 11 unspecified atom stereocenters. The number of anilines is 4. The molecule has 17 nitrogen and oxygen atoms in total. The Morgan fingerprint density at radius 2 is 0.910 bits per heavy atom. The molecule has 9 aromatic rings. The molecule has 654 valence electrons. The summed E-state index contributed by atoms with van der Waals surface area (Å²) < 4.78 is 5.34. The van der Waals surface area contributed by atoms with Gasteiger partial charge in [0.25, 0.3) is 0 Å². The summed E-state index contributed by atoms with van der Waals surface area (Å²) in [5, 5.41) is 67.5. The maximum atomic E-state index is 12.6. The summed E-state index contributed by atoms with van der Waals surface area (Å²) in [4.78, 5) is 67.5. The van der Waals surface area contributed by atoms with Gasteiger partial charge in [-0.05, 0) is 245 Å². The summed E-state index contributed by atoms with van der Waals surface area (Å²) in [5.74, 6) is -2.32. The largest absolute Gasteiger partial charge is 0.481 e. The van der Waals surface area contributed by atoms with E-state index in [1.165, 1.54) is 17.4 Å². The number of carbonyl (C=O) groups is 5. The summed E-state index contributed by atoms with van der Waals surface area (Å²) >= 11 is 28.0. The van der Waals surface area contributed by atoms with Gasteiger partial charge in [-0.15, -0.1) is 57.7 Å². The van der Waals surface area contributed by atoms with Crippen molar-refractivity contribution in [1.29, 1.82) is 0 Å². The lowest BCUT2D eigenvalue weighted by molar-refractivity contribution is -0.137. The van der Waals surface area contributed by atoms with Gasteiger partial charge < -0.3 is 59.8 Å². The van der Waals surface area contributed by atoms with Crippen LogP contribution in [-0.2, 0) is 36.9 Å². The molecule has 0 bridgehead atoms. The predicted molar refractivity (Wildman–Crippen MR) is 495 cm³/mol. The molecule has 0 spiro atoms. The van der Waals surface area contributed by atoms with Gasteiger partial charge in [0.15, 0.2) is 5.78 Å². The number of aliphatic hydroxyl groups is 3. The molecule has 4 aliphatic heterocycles. The number of aromatic carboxylic acids is 3. The Morgan fingerprint density at radius 1 is 0.434 bits per heavy atom. The van der Waals surface area contributed by atoms with Gasteiger partial charge >= 0.3 is 23.9 Å². The molecule has 122 heavy (non-hydrogen) atoms. The first-order valence-corrected chi connectivity index (χ1v) is 46.3. The molecule has 0 radical (unpaired) electrons. The molecule has 4 saturated heterocycles. The van der Waals surface area contributed by atoms with E-state index in [4.69, 9.17) is 66.1 Å². The molecule has 0 aliphatic carbocycles. The maximum Gasteiger partial charge on any atom is 0.371 e. The number of thiophene rings is 1. The summed E-state index contributed by atoms with van der Waals surface area (Å²) in [6.07, 6.45) is 20.7. The third kappa shape index (κ3) is 28.4. The van der Waals surface area contributed by atoms with Crippen LogP contribution in [0.5, 0.6) is 0 Å². The fraction of sp³-hybridized carbons (Fsp3) is 0.450. The number of carbonyl (C=O) groups excluding carboxylic acids is 1. The molecular weight excluding hydrogens is 1640 g/mol. The average molecular weight is 1760 g/mol. The van der Waals surface area contributed by atoms with E-state index < -0.39 is 36.1 Å². The molecule has 0 amide bonds. The van der Waals surface area contributed by atoms with Gasteiger partial charge in [0, 0.05) is 96.8 Å². The van der Waals surface area contributed by atoms with Gasteiger partial charge in [0.1, 0.15) is 10.6 Å². The number of Topliss-reactive ketones (excluding diaryl/α,β-unsaturated/α-hetero) is 1. The standard InChI is InChI=1S/C28H28ClNO3.C25H32ClNO3.C24H32ClNO3S.C23H30ClNO4/c29-25-16-17-30(26(25)11-5-9-20-8-4-10-23(18-20)28(32)33)24-14-12-22(13-15-24)27(31)19-21-6-2-1-3-7-21;1-2-3-4-5-23(28)19-11-13-21(14-12-19)27-17-16-22(26)25(27)20-9-6-18(7-10-20)8-15-24(29)30;1-2-3-4-8-22(27)17-9-11-18(12-10-17)26-16-15-20(25)21(26)7-5-6-19-13-14-23(30-19)24(28)29;1-15(2)14-21(26)16-6-8-17(9-7-16)25-13-12-19(24)20(25)5-3-4-18-10-11-22(29-18)23(27)28/h1-4,6-8,10,12-15,18,25-26H,5,9,11,16-17,19H2,(H,32,33);6-7,9-14,22-23,25,28H,2-5,8,15-17H2,1H3,(H,29,30);9-14,20-22,27H,2-8,15-16H2,1H3,(H,28,29);6-11,15,19-21,26H,3-5,12-14H2,1-2H3,(H,27,28). The number of alkyl halides is 4. The first kappa shape index (κ1) is 95.5. The van der Waals surface area contributed by atoms with Crippen molar-refractivity contribution >= 4 is 110 Å². The highest BCUT2D eigenvalue weighted by atomic mass is 35.5. The fourth-order valence-electron chi connectivity index (χ4n) is 17.1. The number of carboxylic acid groups (broad SMARTS) is 4. The minimum absolute atomic E-state index is 0.0162. The van der Waals surface area contributed by atoms with Crippen LogP contribution in [0.1, 0.15) is 271 Å². The average Bonchev–Trinajstić information content (AvgIpc) is 1.61. The molecule has 2 aromatic heterocycles. The van der Waals surface area contributed by atoms with Crippen LogP contribution in [-0.4, -0.2) is 131 Å². The van der Waals surface area contributed by atoms with E-state index in [9.17, 15) is 44.4 Å². The van der Waals surface area contributed by atoms with Crippen LogP contribution in [0.2, 0.25) is 0 Å². The molecule has 7 N–H and O–H groups in total. The van der Waals surface area contributed by atoms with Crippen LogP contribution in [0.3, 0.4) is 0 Å². The second-order valence-corrected chi connectivity index (χ2v) is 36.6. The van der Waals surface area contributed by atoms with Crippen LogP contribution in [0, 0.1) is 5.92 Å². The number of carboxylic acids is 4. The molecule has 7 aromatic carbocycles. The number of rotatable bonds is 39. The zero-order valence-electron chi connectivity index (χ0n) is 70.8. The van der Waals surface area contributed by atoms with Gasteiger partial charge in [-0.2, -0.15) is 0 Å². The number of furan rings is 1. The van der Waals surface area contributed by atoms with Crippen molar-refractivity contribution in [2.75, 3.05) is 45.8 Å². The van der Waals surface area contributed by atoms with Crippen LogP contribution in [0.15, 0.2) is 205 Å². The molecular formula is C100H122Cl4N4O13S. The number of aliphatic carboxylic acids is 1. The molecule has 6 heterocycles. The van der Waals surface area contributed by atoms with Crippen molar-refractivity contribution < 1.29 is 64.1 Å². The highest BCUT2D eigenvalue weighted by Crippen LogP contribution is 2.42. The topological polar surface area (TPSA) is 253 Å². The zero-order chi connectivity index (χ0) is 87.2. The lowest BCUT2D eigenvalue weighted by atomic mass is 9.99. The minimum atomic E-state index is -1.04. The zero-order valence-corrected chi connectivity index (χ0v) is 74.6. The smallest absolute Gasteiger partial charge is 0.371 e. The van der Waals surface area contributed by atoms with Crippen LogP contribution in [0.25, 0.3) is 0 Å². The van der Waals surface area contributed by atoms with Crippen LogP contribution in [0.4, 0.5) is 22.7 Å². The Bertz CT molecular complexity index is 4690. The van der Waals surface area contributed by atoms with E-state index >= 15 is 0 Å². The van der Waals surface area contributed by atoms with E-state index in [1.807, 2.05) is 115 Å². The molecule has 11 atom stereocenters. The second-order valence-electron chi connectivity index (χ2n) is 33.2. The van der Waals surface area contributed by atoms with E-state index in [-0.39, 0.29) is 69.7 Å². The Morgan fingerprint density at radius 3 is 1.39 bits per heavy atom. The van der Waals surface area contributed by atoms with Gasteiger partial charge in [-0.25, -0.2) is 14.4 Å². The summed E-state index contributed by atoms with van der Waals surface area (Å²) in [7, 11) is 0. The lowest BCUT2D eigenvalue weighted by Gasteiger charge is -2.29. The quantitative estimate of drug-likeness (QED) is 0.0107. The van der Waals surface area contributed by atoms with Crippen molar-refractivity contribution in [3.63, 3.8) is 0 Å². The Hall–Kier alpha value is -8.69. The third-order valence-electron chi connectivity index (χ3n) is 23.8. The number of benzene rings is 7. The van der Waals surface area contributed by atoms with Crippen molar-refractivity contribution in [2.45, 2.75) is 252 Å². The van der Waals surface area contributed by atoms with Gasteiger partial charge in [-0.3, -0.25) is 9.59 Å². The van der Waals surface area contributed by atoms with Gasteiger partial charge in [0.05, 0.1) is 51.4 Å². The van der Waals surface area contributed by atoms with Crippen molar-refractivity contribution in [3.05, 3.63) is 272 Å². The third-order valence-corrected chi connectivity index (χ3v) is 26.9.